The normalized spacial score (nSPS) is 11.6. The number of nitrogens with zero attached hydrogens (tertiary/aromatic N) is 2. The van der Waals surface area contributed by atoms with E-state index in [1.54, 1.807) is 20.1 Å². The first kappa shape index (κ1) is 21.5. The number of aromatic nitrogens is 2. The zero-order valence-electron chi connectivity index (χ0n) is 16.3. The maximum atomic E-state index is 12.7. The number of hydrogen-bond acceptors (Lipinski definition) is 8. The molecule has 8 nitrogen and oxygen atoms in total. The summed E-state index contributed by atoms with van der Waals surface area (Å²) in [6.07, 6.45) is 1.87. The average molecular weight is 404 g/mol. The second kappa shape index (κ2) is 9.93. The van der Waals surface area contributed by atoms with Gasteiger partial charge >= 0.3 is 5.97 Å². The molecular weight excluding hydrogens is 380 g/mol. The van der Waals surface area contributed by atoms with Gasteiger partial charge in [-0.05, 0) is 38.0 Å². The summed E-state index contributed by atoms with van der Waals surface area (Å²) in [5, 5.41) is 2.75. The highest BCUT2D eigenvalue weighted by molar-refractivity contribution is 8.00. The third kappa shape index (κ3) is 5.35. The molecule has 1 unspecified atom stereocenters. The van der Waals surface area contributed by atoms with Crippen LogP contribution in [-0.4, -0.2) is 40.8 Å². The molecule has 150 valence electrons. The number of aryl methyl sites for hydroxylation is 1. The summed E-state index contributed by atoms with van der Waals surface area (Å²) in [6, 6.07) is 5.55. The topological polar surface area (TPSA) is 116 Å². The van der Waals surface area contributed by atoms with Crippen LogP contribution in [0.15, 0.2) is 29.6 Å². The third-order valence-corrected chi connectivity index (χ3v) is 5.05. The fraction of sp³-hybridized carbons (Fsp3) is 0.368. The Balaban J connectivity index is 2.13. The summed E-state index contributed by atoms with van der Waals surface area (Å²) in [4.78, 5) is 32.8. The highest BCUT2D eigenvalue weighted by Gasteiger charge is 2.22. The van der Waals surface area contributed by atoms with Gasteiger partial charge in [-0.2, -0.15) is 0 Å². The van der Waals surface area contributed by atoms with E-state index in [1.807, 2.05) is 26.0 Å². The molecule has 0 aliphatic carbocycles. The van der Waals surface area contributed by atoms with Crippen molar-refractivity contribution >= 4 is 35.1 Å². The lowest BCUT2D eigenvalue weighted by molar-refractivity contribution is -0.115. The lowest BCUT2D eigenvalue weighted by atomic mass is 10.2. The standard InChI is InChI=1S/C19H24N4O4S/c1-5-15(17(24)22-13-9-11(3)7-8-14(13)26-4)28-19-21-10-12(16(20)23-19)18(25)27-6-2/h7-10,15H,5-6H2,1-4H3,(H,22,24)(H2,20,21,23). The van der Waals surface area contributed by atoms with E-state index in [9.17, 15) is 9.59 Å². The van der Waals surface area contributed by atoms with Crippen LogP contribution in [0.3, 0.4) is 0 Å². The largest absolute Gasteiger partial charge is 0.495 e. The average Bonchev–Trinajstić information content (AvgIpc) is 2.66. The monoisotopic (exact) mass is 404 g/mol. The summed E-state index contributed by atoms with van der Waals surface area (Å²) in [7, 11) is 1.55. The summed E-state index contributed by atoms with van der Waals surface area (Å²) < 4.78 is 10.2. The number of rotatable bonds is 8. The van der Waals surface area contributed by atoms with Crippen LogP contribution < -0.4 is 15.8 Å². The van der Waals surface area contributed by atoms with Crippen LogP contribution in [0, 0.1) is 6.92 Å². The second-order valence-corrected chi connectivity index (χ2v) is 7.05. The van der Waals surface area contributed by atoms with Crippen molar-refractivity contribution in [2.45, 2.75) is 37.6 Å². The zero-order valence-corrected chi connectivity index (χ0v) is 17.1. The fourth-order valence-corrected chi connectivity index (χ4v) is 3.23. The highest BCUT2D eigenvalue weighted by Crippen LogP contribution is 2.29. The Hall–Kier alpha value is -2.81. The molecule has 1 aromatic carbocycles. The third-order valence-electron chi connectivity index (χ3n) is 3.82. The Morgan fingerprint density at radius 3 is 2.68 bits per heavy atom. The Bertz CT molecular complexity index is 860. The van der Waals surface area contributed by atoms with E-state index in [0.29, 0.717) is 23.0 Å². The maximum absolute atomic E-state index is 12.7. The molecule has 0 saturated heterocycles. The molecule has 0 saturated carbocycles. The Morgan fingerprint density at radius 1 is 1.32 bits per heavy atom. The first-order chi connectivity index (χ1) is 13.4. The van der Waals surface area contributed by atoms with E-state index in [4.69, 9.17) is 15.2 Å². The number of hydrogen-bond donors (Lipinski definition) is 2. The molecular formula is C19H24N4O4S. The molecule has 1 heterocycles. The number of ether oxygens (including phenoxy) is 2. The van der Waals surface area contributed by atoms with Gasteiger partial charge in [-0.1, -0.05) is 24.8 Å². The van der Waals surface area contributed by atoms with Crippen molar-refractivity contribution in [1.29, 1.82) is 0 Å². The van der Waals surface area contributed by atoms with Crippen LogP contribution in [0.25, 0.3) is 0 Å². The molecule has 2 aromatic rings. The number of esters is 1. The van der Waals surface area contributed by atoms with Crippen molar-refractivity contribution in [2.75, 3.05) is 24.8 Å². The first-order valence-corrected chi connectivity index (χ1v) is 9.69. The Labute approximate surface area is 168 Å². The minimum Gasteiger partial charge on any atom is -0.495 e. The minimum absolute atomic E-state index is 0.0200. The molecule has 0 aliphatic heterocycles. The van der Waals surface area contributed by atoms with Gasteiger partial charge in [0.15, 0.2) is 5.16 Å². The van der Waals surface area contributed by atoms with Gasteiger partial charge in [0.2, 0.25) is 5.91 Å². The number of carbonyl (C=O) groups excluding carboxylic acids is 2. The molecule has 1 aromatic heterocycles. The summed E-state index contributed by atoms with van der Waals surface area (Å²) >= 11 is 1.17. The van der Waals surface area contributed by atoms with Crippen molar-refractivity contribution < 1.29 is 19.1 Å². The fourth-order valence-electron chi connectivity index (χ4n) is 2.38. The van der Waals surface area contributed by atoms with E-state index < -0.39 is 11.2 Å². The molecule has 3 N–H and O–H groups in total. The van der Waals surface area contributed by atoms with Crippen LogP contribution in [0.2, 0.25) is 0 Å². The molecule has 0 spiro atoms. The van der Waals surface area contributed by atoms with E-state index in [0.717, 1.165) is 5.56 Å². The zero-order chi connectivity index (χ0) is 20.7. The van der Waals surface area contributed by atoms with Gasteiger partial charge in [-0.3, -0.25) is 4.79 Å². The molecule has 0 fully saturated rings. The van der Waals surface area contributed by atoms with Crippen LogP contribution in [0.5, 0.6) is 5.75 Å². The van der Waals surface area contributed by atoms with Gasteiger partial charge in [0, 0.05) is 6.20 Å². The predicted octanol–water partition coefficient (Wildman–Crippen LogP) is 3.06. The molecule has 0 aliphatic rings. The number of thioether (sulfide) groups is 1. The summed E-state index contributed by atoms with van der Waals surface area (Å²) in [6.45, 7) is 5.76. The number of benzene rings is 1. The van der Waals surface area contributed by atoms with Crippen LogP contribution in [0.4, 0.5) is 11.5 Å². The summed E-state index contributed by atoms with van der Waals surface area (Å²) in [5.41, 5.74) is 7.55. The van der Waals surface area contributed by atoms with E-state index in [2.05, 4.69) is 15.3 Å². The van der Waals surface area contributed by atoms with Crippen LogP contribution in [0.1, 0.15) is 36.2 Å². The van der Waals surface area contributed by atoms with Gasteiger partial charge < -0.3 is 20.5 Å². The quantitative estimate of drug-likeness (QED) is 0.392. The molecule has 1 atom stereocenters. The number of nitrogen functional groups attached to an aromatic ring is 1. The van der Waals surface area contributed by atoms with Crippen molar-refractivity contribution in [3.05, 3.63) is 35.5 Å². The molecule has 28 heavy (non-hydrogen) atoms. The molecule has 2 rings (SSSR count). The van der Waals surface area contributed by atoms with Gasteiger partial charge in [-0.25, -0.2) is 14.8 Å². The smallest absolute Gasteiger partial charge is 0.343 e. The number of nitrogens with one attached hydrogen (secondary N) is 1. The number of methoxy groups -OCH3 is 1. The highest BCUT2D eigenvalue weighted by atomic mass is 32.2. The Morgan fingerprint density at radius 2 is 2.07 bits per heavy atom. The van der Waals surface area contributed by atoms with Crippen molar-refractivity contribution in [3.63, 3.8) is 0 Å². The van der Waals surface area contributed by atoms with E-state index in [1.165, 1.54) is 18.0 Å². The van der Waals surface area contributed by atoms with Crippen molar-refractivity contribution in [1.82, 2.24) is 9.97 Å². The SMILES string of the molecule is CCOC(=O)c1cnc(SC(CC)C(=O)Nc2cc(C)ccc2OC)nc1N. The lowest BCUT2D eigenvalue weighted by Crippen LogP contribution is -2.25. The first-order valence-electron chi connectivity index (χ1n) is 8.81. The van der Waals surface area contributed by atoms with E-state index >= 15 is 0 Å². The van der Waals surface area contributed by atoms with Crippen LogP contribution in [-0.2, 0) is 9.53 Å². The molecule has 0 radical (unpaired) electrons. The Kier molecular flexibility index (Phi) is 7.62. The lowest BCUT2D eigenvalue weighted by Gasteiger charge is -2.16. The van der Waals surface area contributed by atoms with Crippen molar-refractivity contribution in [2.24, 2.45) is 0 Å². The number of amides is 1. The minimum atomic E-state index is -0.576. The molecule has 0 bridgehead atoms. The number of carbonyl (C=O) groups is 2. The molecule has 9 heteroatoms. The maximum Gasteiger partial charge on any atom is 0.343 e. The van der Waals surface area contributed by atoms with Gasteiger partial charge in [0.1, 0.15) is 17.1 Å². The number of nitrogens with two attached hydrogens (primary N) is 1. The van der Waals surface area contributed by atoms with Gasteiger partial charge in [-0.15, -0.1) is 0 Å². The van der Waals surface area contributed by atoms with E-state index in [-0.39, 0.29) is 23.9 Å². The van der Waals surface area contributed by atoms with Gasteiger partial charge in [0.25, 0.3) is 0 Å². The molecule has 1 amide bonds. The van der Waals surface area contributed by atoms with Crippen LogP contribution >= 0.6 is 11.8 Å². The second-order valence-electron chi connectivity index (χ2n) is 5.88. The summed E-state index contributed by atoms with van der Waals surface area (Å²) in [5.74, 6) is -0.175. The van der Waals surface area contributed by atoms with Crippen molar-refractivity contribution in [3.8, 4) is 5.75 Å². The predicted molar refractivity (Wildman–Crippen MR) is 109 cm³/mol. The number of anilines is 2. The van der Waals surface area contributed by atoms with Gasteiger partial charge in [0.05, 0.1) is 24.7 Å².